The Kier molecular flexibility index (Phi) is 3.12. The number of H-pyrrole nitrogens is 1. The number of nitrogens with one attached hydrogen (secondary N) is 1. The van der Waals surface area contributed by atoms with Crippen LogP contribution >= 0.6 is 23.8 Å². The van der Waals surface area contributed by atoms with Crippen LogP contribution in [0.1, 0.15) is 19.8 Å². The van der Waals surface area contributed by atoms with E-state index in [2.05, 4.69) is 16.5 Å². The van der Waals surface area contributed by atoms with E-state index in [9.17, 15) is 0 Å². The van der Waals surface area contributed by atoms with Crippen LogP contribution in [0.15, 0.2) is 18.2 Å². The maximum Gasteiger partial charge on any atom is 0.178 e. The first-order valence-corrected chi connectivity index (χ1v) is 5.89. The Labute approximate surface area is 98.9 Å². The Morgan fingerprint density at radius 1 is 1.47 bits per heavy atom. The van der Waals surface area contributed by atoms with Gasteiger partial charge in [0.05, 0.1) is 11.0 Å². The lowest BCUT2D eigenvalue weighted by Gasteiger charge is -2.02. The number of aromatic nitrogens is 2. The summed E-state index contributed by atoms with van der Waals surface area (Å²) < 4.78 is 2.91. The van der Waals surface area contributed by atoms with Crippen molar-refractivity contribution in [3.63, 3.8) is 0 Å². The smallest absolute Gasteiger partial charge is 0.178 e. The van der Waals surface area contributed by atoms with E-state index in [4.69, 9.17) is 23.8 Å². The number of halogens is 1. The molecule has 0 atom stereocenters. The Morgan fingerprint density at radius 3 is 3.00 bits per heavy atom. The van der Waals surface area contributed by atoms with Gasteiger partial charge in [0.2, 0.25) is 0 Å². The number of benzene rings is 1. The molecular weight excluding hydrogens is 228 g/mol. The van der Waals surface area contributed by atoms with Gasteiger partial charge in [0.1, 0.15) is 0 Å². The fraction of sp³-hybridized carbons (Fsp3) is 0.364. The first-order chi connectivity index (χ1) is 7.22. The lowest BCUT2D eigenvalue weighted by molar-refractivity contribution is 0.639. The van der Waals surface area contributed by atoms with Crippen LogP contribution in [0.4, 0.5) is 0 Å². The van der Waals surface area contributed by atoms with Gasteiger partial charge in [-0.05, 0) is 36.8 Å². The highest BCUT2D eigenvalue weighted by Crippen LogP contribution is 2.19. The first-order valence-electron chi connectivity index (χ1n) is 5.10. The van der Waals surface area contributed by atoms with Crippen LogP contribution in [0.5, 0.6) is 0 Å². The molecule has 2 nitrogen and oxygen atoms in total. The minimum atomic E-state index is 0.737. The average Bonchev–Trinajstić information content (AvgIpc) is 2.50. The molecule has 0 fully saturated rings. The second-order valence-electron chi connectivity index (χ2n) is 3.60. The highest BCUT2D eigenvalue weighted by Gasteiger charge is 2.03. The molecule has 15 heavy (non-hydrogen) atoms. The van der Waals surface area contributed by atoms with Gasteiger partial charge >= 0.3 is 0 Å². The summed E-state index contributed by atoms with van der Waals surface area (Å²) in [5.74, 6) is 0. The number of nitrogens with zero attached hydrogens (tertiary/aromatic N) is 1. The van der Waals surface area contributed by atoms with Crippen molar-refractivity contribution in [3.8, 4) is 0 Å². The summed E-state index contributed by atoms with van der Waals surface area (Å²) in [5, 5.41) is 0.737. The Morgan fingerprint density at radius 2 is 2.27 bits per heavy atom. The van der Waals surface area contributed by atoms with Crippen molar-refractivity contribution < 1.29 is 0 Å². The Balaban J connectivity index is 2.53. The average molecular weight is 241 g/mol. The van der Waals surface area contributed by atoms with E-state index in [1.807, 2.05) is 18.2 Å². The zero-order valence-electron chi connectivity index (χ0n) is 8.59. The summed E-state index contributed by atoms with van der Waals surface area (Å²) in [6.45, 7) is 3.15. The van der Waals surface area contributed by atoms with Gasteiger partial charge in [-0.2, -0.15) is 0 Å². The van der Waals surface area contributed by atoms with Gasteiger partial charge in [-0.15, -0.1) is 0 Å². The van der Waals surface area contributed by atoms with Crippen molar-refractivity contribution in [2.75, 3.05) is 0 Å². The molecule has 0 radical (unpaired) electrons. The van der Waals surface area contributed by atoms with Crippen LogP contribution in [0.25, 0.3) is 11.0 Å². The lowest BCUT2D eigenvalue weighted by atomic mass is 10.3. The minimum absolute atomic E-state index is 0.737. The third-order valence-electron chi connectivity index (χ3n) is 2.47. The van der Waals surface area contributed by atoms with Crippen LogP contribution in [0.3, 0.4) is 0 Å². The lowest BCUT2D eigenvalue weighted by Crippen LogP contribution is -1.96. The number of aromatic amines is 1. The number of fused-ring (bicyclic) bond motifs is 1. The van der Waals surface area contributed by atoms with E-state index in [1.165, 1.54) is 6.42 Å². The largest absolute Gasteiger partial charge is 0.331 e. The van der Waals surface area contributed by atoms with Crippen LogP contribution in [-0.2, 0) is 6.54 Å². The van der Waals surface area contributed by atoms with Gasteiger partial charge in [0, 0.05) is 11.6 Å². The molecule has 2 aromatic rings. The van der Waals surface area contributed by atoms with Gasteiger partial charge in [0.25, 0.3) is 0 Å². The van der Waals surface area contributed by atoms with Gasteiger partial charge in [-0.3, -0.25) is 0 Å². The zero-order valence-corrected chi connectivity index (χ0v) is 10.2. The quantitative estimate of drug-likeness (QED) is 0.800. The molecule has 0 amide bonds. The van der Waals surface area contributed by atoms with E-state index in [-0.39, 0.29) is 0 Å². The molecule has 80 valence electrons. The van der Waals surface area contributed by atoms with Crippen molar-refractivity contribution in [3.05, 3.63) is 28.0 Å². The van der Waals surface area contributed by atoms with E-state index >= 15 is 0 Å². The van der Waals surface area contributed by atoms with Crippen molar-refractivity contribution in [2.24, 2.45) is 0 Å². The number of aryl methyl sites for hydroxylation is 1. The number of unbranched alkanes of at least 4 members (excludes halogenated alkanes) is 1. The van der Waals surface area contributed by atoms with Crippen LogP contribution < -0.4 is 0 Å². The van der Waals surface area contributed by atoms with Crippen molar-refractivity contribution in [2.45, 2.75) is 26.3 Å². The van der Waals surface area contributed by atoms with Crippen LogP contribution in [0, 0.1) is 4.77 Å². The van der Waals surface area contributed by atoms with Crippen LogP contribution in [0.2, 0.25) is 5.02 Å². The molecule has 1 aromatic carbocycles. The standard InChI is InChI=1S/C11H13ClN2S/c1-2-3-6-14-10-5-4-8(12)7-9(10)13-11(14)15/h4-5,7H,2-3,6H2,1H3,(H,13,15). The molecule has 0 saturated carbocycles. The second-order valence-corrected chi connectivity index (χ2v) is 4.42. The van der Waals surface area contributed by atoms with Gasteiger partial charge in [-0.1, -0.05) is 24.9 Å². The van der Waals surface area contributed by atoms with Gasteiger partial charge < -0.3 is 9.55 Å². The molecule has 1 N–H and O–H groups in total. The Bertz CT molecular complexity index is 527. The van der Waals surface area contributed by atoms with Crippen molar-refractivity contribution in [1.29, 1.82) is 0 Å². The number of hydrogen-bond donors (Lipinski definition) is 1. The van der Waals surface area contributed by atoms with Crippen molar-refractivity contribution in [1.82, 2.24) is 9.55 Å². The number of imidazole rings is 1. The maximum atomic E-state index is 5.92. The topological polar surface area (TPSA) is 20.7 Å². The summed E-state index contributed by atoms with van der Waals surface area (Å²) in [6.07, 6.45) is 2.31. The molecule has 2 rings (SSSR count). The molecule has 0 spiro atoms. The molecule has 0 aliphatic carbocycles. The molecular formula is C11H13ClN2S. The third-order valence-corrected chi connectivity index (χ3v) is 3.03. The molecule has 0 aliphatic heterocycles. The summed E-state index contributed by atoms with van der Waals surface area (Å²) in [5.41, 5.74) is 2.15. The summed E-state index contributed by atoms with van der Waals surface area (Å²) in [4.78, 5) is 3.17. The fourth-order valence-electron chi connectivity index (χ4n) is 1.67. The molecule has 4 heteroatoms. The number of rotatable bonds is 3. The molecule has 1 aromatic heterocycles. The third kappa shape index (κ3) is 2.08. The summed E-state index contributed by atoms with van der Waals surface area (Å²) >= 11 is 11.2. The predicted octanol–water partition coefficient (Wildman–Crippen LogP) is 4.15. The Hall–Kier alpha value is -0.800. The number of hydrogen-bond acceptors (Lipinski definition) is 1. The van der Waals surface area contributed by atoms with Crippen molar-refractivity contribution >= 4 is 34.9 Å². The van der Waals surface area contributed by atoms with Gasteiger partial charge in [0.15, 0.2) is 4.77 Å². The maximum absolute atomic E-state index is 5.92. The van der Waals surface area contributed by atoms with Gasteiger partial charge in [-0.25, -0.2) is 0 Å². The molecule has 0 aliphatic rings. The normalized spacial score (nSPS) is 11.1. The van der Waals surface area contributed by atoms with E-state index in [1.54, 1.807) is 0 Å². The molecule has 0 unspecified atom stereocenters. The minimum Gasteiger partial charge on any atom is -0.331 e. The summed E-state index contributed by atoms with van der Waals surface area (Å²) in [6, 6.07) is 5.82. The second kappa shape index (κ2) is 4.37. The SMILES string of the molecule is CCCCn1c(=S)[nH]c2cc(Cl)ccc21. The summed E-state index contributed by atoms with van der Waals surface area (Å²) in [7, 11) is 0. The van der Waals surface area contributed by atoms with Crippen LogP contribution in [-0.4, -0.2) is 9.55 Å². The van der Waals surface area contributed by atoms with E-state index in [0.29, 0.717) is 0 Å². The fourth-order valence-corrected chi connectivity index (χ4v) is 2.15. The van der Waals surface area contributed by atoms with E-state index in [0.717, 1.165) is 33.8 Å². The molecule has 0 bridgehead atoms. The highest BCUT2D eigenvalue weighted by molar-refractivity contribution is 7.71. The highest BCUT2D eigenvalue weighted by atomic mass is 35.5. The molecule has 0 saturated heterocycles. The predicted molar refractivity (Wildman–Crippen MR) is 67.0 cm³/mol. The molecule has 1 heterocycles. The van der Waals surface area contributed by atoms with E-state index < -0.39 is 0 Å². The zero-order chi connectivity index (χ0) is 10.8. The monoisotopic (exact) mass is 240 g/mol. The first kappa shape index (κ1) is 10.7.